The largest absolute Gasteiger partial charge is 0.396 e. The molecule has 0 fully saturated rings. The van der Waals surface area contributed by atoms with Crippen LogP contribution >= 0.6 is 0 Å². The molecule has 0 bridgehead atoms. The molecule has 8 heteroatoms. The normalized spacial score (nSPS) is 12.6. The van der Waals surface area contributed by atoms with Gasteiger partial charge in [-0.2, -0.15) is 12.7 Å². The SMILES string of the molecule is COCCN(C)CCNS(=O)(=O)N(C)CCCO. The van der Waals surface area contributed by atoms with Crippen molar-refractivity contribution in [3.63, 3.8) is 0 Å². The van der Waals surface area contributed by atoms with Crippen LogP contribution in [0.25, 0.3) is 0 Å². The minimum atomic E-state index is -3.43. The second kappa shape index (κ2) is 9.65. The fourth-order valence-corrected chi connectivity index (χ4v) is 2.19. The molecule has 110 valence electrons. The molecule has 0 amide bonds. The van der Waals surface area contributed by atoms with E-state index in [1.807, 2.05) is 11.9 Å². The molecule has 18 heavy (non-hydrogen) atoms. The molecule has 0 aromatic heterocycles. The van der Waals surface area contributed by atoms with Gasteiger partial charge in [-0.15, -0.1) is 0 Å². The Morgan fingerprint density at radius 2 is 1.89 bits per heavy atom. The van der Waals surface area contributed by atoms with E-state index in [9.17, 15) is 8.42 Å². The maximum absolute atomic E-state index is 11.7. The molecule has 0 radical (unpaired) electrons. The molecular formula is C10H25N3O4S. The molecule has 0 saturated heterocycles. The quantitative estimate of drug-likeness (QED) is 0.493. The van der Waals surface area contributed by atoms with Gasteiger partial charge in [-0.05, 0) is 13.5 Å². The van der Waals surface area contributed by atoms with Gasteiger partial charge < -0.3 is 14.7 Å². The van der Waals surface area contributed by atoms with Gasteiger partial charge in [-0.3, -0.25) is 0 Å². The predicted molar refractivity (Wildman–Crippen MR) is 70.6 cm³/mol. The zero-order valence-electron chi connectivity index (χ0n) is 11.4. The summed E-state index contributed by atoms with van der Waals surface area (Å²) in [4.78, 5) is 1.99. The van der Waals surface area contributed by atoms with Gasteiger partial charge in [-0.1, -0.05) is 0 Å². The molecule has 0 aromatic carbocycles. The molecule has 0 spiro atoms. The highest BCUT2D eigenvalue weighted by molar-refractivity contribution is 7.87. The lowest BCUT2D eigenvalue weighted by molar-refractivity contribution is 0.162. The standard InChI is InChI=1S/C10H25N3O4S/c1-12(8-10-17-3)7-5-11-18(15,16)13(2)6-4-9-14/h11,14H,4-10H2,1-3H3. The first-order valence-electron chi connectivity index (χ1n) is 5.93. The molecule has 2 N–H and O–H groups in total. The molecule has 0 atom stereocenters. The number of nitrogens with one attached hydrogen (secondary N) is 1. The number of hydrogen-bond acceptors (Lipinski definition) is 5. The third-order valence-corrected chi connectivity index (χ3v) is 4.07. The second-order valence-corrected chi connectivity index (χ2v) is 5.96. The zero-order chi connectivity index (χ0) is 14.0. The van der Waals surface area contributed by atoms with E-state index in [2.05, 4.69) is 4.72 Å². The van der Waals surface area contributed by atoms with Crippen molar-refractivity contribution >= 4 is 10.2 Å². The lowest BCUT2D eigenvalue weighted by atomic mass is 10.5. The summed E-state index contributed by atoms with van der Waals surface area (Å²) < 4.78 is 32.1. The maximum Gasteiger partial charge on any atom is 0.279 e. The van der Waals surface area contributed by atoms with Crippen molar-refractivity contribution in [2.45, 2.75) is 6.42 Å². The van der Waals surface area contributed by atoms with Crippen molar-refractivity contribution < 1.29 is 18.3 Å². The lowest BCUT2D eigenvalue weighted by Gasteiger charge is -2.19. The van der Waals surface area contributed by atoms with Crippen molar-refractivity contribution in [1.82, 2.24) is 13.9 Å². The first-order valence-corrected chi connectivity index (χ1v) is 7.37. The van der Waals surface area contributed by atoms with Gasteiger partial charge in [0.2, 0.25) is 0 Å². The molecule has 0 heterocycles. The molecular weight excluding hydrogens is 258 g/mol. The topological polar surface area (TPSA) is 82.1 Å². The Hall–Kier alpha value is -0.250. The predicted octanol–water partition coefficient (Wildman–Crippen LogP) is -1.29. The second-order valence-electron chi connectivity index (χ2n) is 4.09. The highest BCUT2D eigenvalue weighted by Gasteiger charge is 2.16. The van der Waals surface area contributed by atoms with Crippen LogP contribution in [0.2, 0.25) is 0 Å². The highest BCUT2D eigenvalue weighted by Crippen LogP contribution is 1.95. The number of likely N-dealkylation sites (N-methyl/N-ethyl adjacent to an activating group) is 1. The molecule has 0 aliphatic carbocycles. The summed E-state index contributed by atoms with van der Waals surface area (Å²) in [6.07, 6.45) is 0.436. The average Bonchev–Trinajstić information content (AvgIpc) is 2.33. The van der Waals surface area contributed by atoms with Gasteiger partial charge >= 0.3 is 0 Å². The molecule has 0 unspecified atom stereocenters. The van der Waals surface area contributed by atoms with Crippen LogP contribution in [-0.4, -0.2) is 83.3 Å². The number of ether oxygens (including phenoxy) is 1. The Labute approximate surface area is 110 Å². The van der Waals surface area contributed by atoms with Crippen molar-refractivity contribution in [1.29, 1.82) is 0 Å². The summed E-state index contributed by atoms with van der Waals surface area (Å²) in [7, 11) is 1.60. The van der Waals surface area contributed by atoms with E-state index in [0.29, 0.717) is 32.7 Å². The molecule has 0 rings (SSSR count). The van der Waals surface area contributed by atoms with Crippen LogP contribution in [0.3, 0.4) is 0 Å². The van der Waals surface area contributed by atoms with Crippen molar-refractivity contribution in [3.05, 3.63) is 0 Å². The summed E-state index contributed by atoms with van der Waals surface area (Å²) in [5.74, 6) is 0. The van der Waals surface area contributed by atoms with E-state index >= 15 is 0 Å². The van der Waals surface area contributed by atoms with Gasteiger partial charge in [0.25, 0.3) is 10.2 Å². The summed E-state index contributed by atoms with van der Waals surface area (Å²) in [6.45, 7) is 2.66. The van der Waals surface area contributed by atoms with Crippen LogP contribution < -0.4 is 4.72 Å². The van der Waals surface area contributed by atoms with Crippen LogP contribution in [0.4, 0.5) is 0 Å². The van der Waals surface area contributed by atoms with Crippen LogP contribution in [0, 0.1) is 0 Å². The third-order valence-electron chi connectivity index (χ3n) is 2.50. The van der Waals surface area contributed by atoms with Gasteiger partial charge in [0.1, 0.15) is 0 Å². The van der Waals surface area contributed by atoms with E-state index in [-0.39, 0.29) is 6.61 Å². The fourth-order valence-electron chi connectivity index (χ4n) is 1.25. The minimum Gasteiger partial charge on any atom is -0.396 e. The Kier molecular flexibility index (Phi) is 9.52. The van der Waals surface area contributed by atoms with Crippen LogP contribution in [-0.2, 0) is 14.9 Å². The number of aliphatic hydroxyl groups is 1. The summed E-state index contributed by atoms with van der Waals surface area (Å²) in [5.41, 5.74) is 0. The van der Waals surface area contributed by atoms with Gasteiger partial charge in [0, 0.05) is 46.9 Å². The summed E-state index contributed by atoms with van der Waals surface area (Å²) >= 11 is 0. The van der Waals surface area contributed by atoms with E-state index in [4.69, 9.17) is 9.84 Å². The first-order chi connectivity index (χ1) is 8.44. The van der Waals surface area contributed by atoms with Gasteiger partial charge in [-0.25, -0.2) is 4.72 Å². The monoisotopic (exact) mass is 283 g/mol. The number of hydrogen-bond donors (Lipinski definition) is 2. The highest BCUT2D eigenvalue weighted by atomic mass is 32.2. The van der Waals surface area contributed by atoms with E-state index in [1.165, 1.54) is 11.4 Å². The molecule has 0 saturated carbocycles. The van der Waals surface area contributed by atoms with Crippen molar-refractivity contribution in [2.24, 2.45) is 0 Å². The van der Waals surface area contributed by atoms with Crippen molar-refractivity contribution in [2.75, 3.05) is 60.6 Å². The zero-order valence-corrected chi connectivity index (χ0v) is 12.2. The Bertz CT molecular complexity index is 297. The first kappa shape index (κ1) is 17.8. The van der Waals surface area contributed by atoms with Crippen molar-refractivity contribution in [3.8, 4) is 0 Å². The number of rotatable bonds is 11. The minimum absolute atomic E-state index is 0.0143. The molecule has 0 aliphatic heterocycles. The number of methoxy groups -OCH3 is 1. The van der Waals surface area contributed by atoms with Gasteiger partial charge in [0.15, 0.2) is 0 Å². The lowest BCUT2D eigenvalue weighted by Crippen LogP contribution is -2.42. The Morgan fingerprint density at radius 1 is 1.22 bits per heavy atom. The van der Waals surface area contributed by atoms with Gasteiger partial charge in [0.05, 0.1) is 6.61 Å². The Morgan fingerprint density at radius 3 is 2.44 bits per heavy atom. The molecule has 0 aromatic rings. The average molecular weight is 283 g/mol. The maximum atomic E-state index is 11.7. The Balaban J connectivity index is 3.89. The summed E-state index contributed by atoms with van der Waals surface area (Å²) in [6, 6.07) is 0. The fraction of sp³-hybridized carbons (Fsp3) is 1.00. The van der Waals surface area contributed by atoms with Crippen LogP contribution in [0.5, 0.6) is 0 Å². The van der Waals surface area contributed by atoms with E-state index in [1.54, 1.807) is 7.11 Å². The number of aliphatic hydroxyl groups excluding tert-OH is 1. The third kappa shape index (κ3) is 7.96. The van der Waals surface area contributed by atoms with Crippen LogP contribution in [0.1, 0.15) is 6.42 Å². The number of nitrogens with zero attached hydrogens (tertiary/aromatic N) is 2. The van der Waals surface area contributed by atoms with E-state index < -0.39 is 10.2 Å². The smallest absolute Gasteiger partial charge is 0.279 e. The van der Waals surface area contributed by atoms with Crippen LogP contribution in [0.15, 0.2) is 0 Å². The molecule has 0 aliphatic rings. The summed E-state index contributed by atoms with van der Waals surface area (Å²) in [5, 5.41) is 8.65. The van der Waals surface area contributed by atoms with E-state index in [0.717, 1.165) is 6.54 Å². The molecule has 7 nitrogen and oxygen atoms in total.